The molecule has 8 heteroatoms. The molecule has 0 bridgehead atoms. The number of fused-ring (bicyclic) bond motifs is 4. The molecule has 0 spiro atoms. The first-order valence-corrected chi connectivity index (χ1v) is 20.8. The fourth-order valence-corrected chi connectivity index (χ4v) is 11.1. The maximum Gasteiger partial charge on any atom is 0.386 e. The summed E-state index contributed by atoms with van der Waals surface area (Å²) in [6.07, 6.45) is 17.7. The molecule has 0 amide bonds. The molecule has 10 rings (SSSR count). The Kier molecular flexibility index (Phi) is 8.54. The third kappa shape index (κ3) is 5.85. The third-order valence-electron chi connectivity index (χ3n) is 13.7. The highest BCUT2D eigenvalue weighted by Gasteiger charge is 2.31. The van der Waals surface area contributed by atoms with E-state index in [0.717, 1.165) is 149 Å². The van der Waals surface area contributed by atoms with Gasteiger partial charge in [-0.15, -0.1) is 0 Å². The number of nitriles is 1. The zero-order chi connectivity index (χ0) is 35.5. The van der Waals surface area contributed by atoms with Crippen LogP contribution in [0.4, 0.5) is 17.1 Å². The Labute approximate surface area is 312 Å². The summed E-state index contributed by atoms with van der Waals surface area (Å²) in [6.45, 7) is 16.5. The van der Waals surface area contributed by atoms with Crippen LogP contribution in [-0.2, 0) is 25.7 Å². The number of rotatable bonds is 4. The summed E-state index contributed by atoms with van der Waals surface area (Å²) < 4.78 is 18.2. The van der Waals surface area contributed by atoms with E-state index < -0.39 is 0 Å². The molecule has 2 fully saturated rings. The van der Waals surface area contributed by atoms with Crippen molar-refractivity contribution in [1.82, 2.24) is 9.15 Å². The van der Waals surface area contributed by atoms with Crippen LogP contribution < -0.4 is 30.1 Å². The van der Waals surface area contributed by atoms with Gasteiger partial charge < -0.3 is 18.6 Å². The van der Waals surface area contributed by atoms with E-state index in [1.54, 1.807) is 0 Å². The summed E-state index contributed by atoms with van der Waals surface area (Å²) in [5, 5.41) is 12.4. The van der Waals surface area contributed by atoms with Crippen molar-refractivity contribution in [2.24, 2.45) is 11.8 Å². The molecule has 0 radical (unpaired) electrons. The lowest BCUT2D eigenvalue weighted by molar-refractivity contribution is 0.266. The lowest BCUT2D eigenvalue weighted by Crippen LogP contribution is -2.39. The fraction of sp³-hybridized carbons (Fsp3) is 0.556. The van der Waals surface area contributed by atoms with Crippen molar-refractivity contribution in [2.75, 3.05) is 62.2 Å². The van der Waals surface area contributed by atoms with Crippen molar-refractivity contribution >= 4 is 39.0 Å². The van der Waals surface area contributed by atoms with Crippen LogP contribution in [0, 0.1) is 29.7 Å². The standard InChI is InChI=1S/C45H52N6O2/c1-47-39-28-35-26-33-10-4-18-49-20-6-12-38(41(33)49)43(35)53-45(39)51-23-15-31(16-24-51)8-2-7-30-13-21-50(22-14-30)44-36(29-46)27-34-25-32-9-3-17-48-19-5-11-37(40(32)48)42(34)52-44/h25-28,30-31H,2-24H2/q+2. The quantitative estimate of drug-likeness (QED) is 0.165. The van der Waals surface area contributed by atoms with E-state index in [9.17, 15) is 5.26 Å². The van der Waals surface area contributed by atoms with E-state index in [1.165, 1.54) is 78.6 Å². The van der Waals surface area contributed by atoms with Crippen LogP contribution in [0.5, 0.6) is 0 Å². The van der Waals surface area contributed by atoms with Gasteiger partial charge in [0.25, 0.3) is 5.69 Å². The predicted molar refractivity (Wildman–Crippen MR) is 210 cm³/mol. The van der Waals surface area contributed by atoms with Crippen LogP contribution in [-0.4, -0.2) is 52.4 Å². The zero-order valence-corrected chi connectivity index (χ0v) is 31.2. The predicted octanol–water partition coefficient (Wildman–Crippen LogP) is 7.23. The number of hydrogen-bond donors (Lipinski definition) is 0. The first-order chi connectivity index (χ1) is 26.1. The van der Waals surface area contributed by atoms with E-state index in [1.807, 2.05) is 0 Å². The topological polar surface area (TPSA) is 66.9 Å². The van der Waals surface area contributed by atoms with Gasteiger partial charge in [0, 0.05) is 85.1 Å². The van der Waals surface area contributed by atoms with Gasteiger partial charge in [0.05, 0.1) is 6.57 Å². The Hall–Kier alpha value is -4.56. The van der Waals surface area contributed by atoms with Crippen LogP contribution in [0.2, 0.25) is 0 Å². The van der Waals surface area contributed by atoms with Gasteiger partial charge in [0.15, 0.2) is 5.56 Å². The number of anilines is 2. The second kappa shape index (κ2) is 13.7. The van der Waals surface area contributed by atoms with Gasteiger partial charge in [-0.25, -0.2) is 9.42 Å². The van der Waals surface area contributed by atoms with Crippen molar-refractivity contribution in [3.8, 4) is 6.07 Å². The Morgan fingerprint density at radius 1 is 0.679 bits per heavy atom. The van der Waals surface area contributed by atoms with Crippen LogP contribution >= 0.6 is 0 Å². The summed E-state index contributed by atoms with van der Waals surface area (Å²) in [4.78, 5) is 9.11. The van der Waals surface area contributed by atoms with Crippen molar-refractivity contribution in [3.63, 3.8) is 0 Å². The van der Waals surface area contributed by atoms with E-state index in [-0.39, 0.29) is 0 Å². The Morgan fingerprint density at radius 3 is 1.70 bits per heavy atom. The van der Waals surface area contributed by atoms with Gasteiger partial charge in [0.1, 0.15) is 43.4 Å². The highest BCUT2D eigenvalue weighted by molar-refractivity contribution is 5.90. The first-order valence-electron chi connectivity index (χ1n) is 20.8. The number of aryl methyl sites for hydroxylation is 4. The van der Waals surface area contributed by atoms with Crippen molar-refractivity contribution < 1.29 is 8.83 Å². The van der Waals surface area contributed by atoms with Gasteiger partial charge >= 0.3 is 11.1 Å². The molecule has 8 nitrogen and oxygen atoms in total. The number of benzene rings is 2. The third-order valence-corrected chi connectivity index (χ3v) is 13.7. The average molecular weight is 709 g/mol. The molecule has 4 aromatic rings. The smallest absolute Gasteiger partial charge is 0.386 e. The summed E-state index contributed by atoms with van der Waals surface area (Å²) in [7, 11) is 0. The van der Waals surface area contributed by atoms with Crippen LogP contribution in [0.3, 0.4) is 0 Å². The van der Waals surface area contributed by atoms with E-state index in [4.69, 9.17) is 15.4 Å². The van der Waals surface area contributed by atoms with Crippen LogP contribution in [0.1, 0.15) is 98.4 Å². The molecule has 2 saturated heterocycles. The first kappa shape index (κ1) is 33.0. The highest BCUT2D eigenvalue weighted by Crippen LogP contribution is 2.41. The minimum absolute atomic E-state index is 0.663. The highest BCUT2D eigenvalue weighted by atomic mass is 16.3. The molecule has 6 aliphatic rings. The summed E-state index contributed by atoms with van der Waals surface area (Å²) in [5.41, 5.74) is 13.4. The lowest BCUT2D eigenvalue weighted by Gasteiger charge is -2.37. The molecule has 53 heavy (non-hydrogen) atoms. The Balaban J connectivity index is 0.800. The van der Waals surface area contributed by atoms with Crippen LogP contribution in [0.25, 0.3) is 26.8 Å². The molecule has 8 heterocycles. The maximum atomic E-state index is 10.2. The minimum Gasteiger partial charge on any atom is -0.413 e. The van der Waals surface area contributed by atoms with E-state index >= 15 is 0 Å². The van der Waals surface area contributed by atoms with E-state index in [2.05, 4.69) is 54.1 Å². The molecule has 272 valence electrons. The number of hydrogen-bond acceptors (Lipinski definition) is 5. The largest absolute Gasteiger partial charge is 0.413 e. The average Bonchev–Trinajstić information content (AvgIpc) is 3.21. The summed E-state index contributed by atoms with van der Waals surface area (Å²) >= 11 is 0. The number of nitrogens with zero attached hydrogens (tertiary/aromatic N) is 6. The molecule has 2 aromatic heterocycles. The van der Waals surface area contributed by atoms with Gasteiger partial charge in [-0.3, -0.25) is 0 Å². The SMILES string of the molecule is [C-]#[N+]c1cc2cc3c4c(c2oc1=[N+]1CCC(CCCC2CC[N+](=c5oc6c7c8c(cc6cc5C#N)CCCN8CCC7)CC2)CC1)CCCN4CCC3. The van der Waals surface area contributed by atoms with E-state index in [0.29, 0.717) is 11.3 Å². The molecule has 2 aromatic carbocycles. The molecule has 0 saturated carbocycles. The second-order valence-corrected chi connectivity index (χ2v) is 16.9. The molecule has 6 aliphatic heterocycles. The normalized spacial score (nSPS) is 22.4. The Morgan fingerprint density at radius 2 is 1.17 bits per heavy atom. The van der Waals surface area contributed by atoms with Crippen molar-refractivity contribution in [2.45, 2.75) is 96.3 Å². The molecule has 0 unspecified atom stereocenters. The second-order valence-electron chi connectivity index (χ2n) is 16.9. The Bertz CT molecular complexity index is 2180. The number of piperidine rings is 2. The molecular weight excluding hydrogens is 657 g/mol. The van der Waals surface area contributed by atoms with Crippen molar-refractivity contribution in [1.29, 1.82) is 5.26 Å². The maximum absolute atomic E-state index is 10.2. The van der Waals surface area contributed by atoms with Crippen molar-refractivity contribution in [3.05, 3.63) is 74.6 Å². The van der Waals surface area contributed by atoms with Gasteiger partial charge in [0.2, 0.25) is 0 Å². The fourth-order valence-electron chi connectivity index (χ4n) is 11.1. The zero-order valence-electron chi connectivity index (χ0n) is 31.2. The molecule has 0 aliphatic carbocycles. The molecule has 0 atom stereocenters. The van der Waals surface area contributed by atoms with Gasteiger partial charge in [-0.1, -0.05) is 6.42 Å². The summed E-state index contributed by atoms with van der Waals surface area (Å²) in [6, 6.07) is 11.3. The molecular formula is C45H52N6O2+2. The van der Waals surface area contributed by atoms with Gasteiger partial charge in [-0.2, -0.15) is 9.84 Å². The minimum atomic E-state index is 0.663. The molecule has 0 N–H and O–H groups in total. The van der Waals surface area contributed by atoms with Crippen LogP contribution in [0.15, 0.2) is 33.1 Å². The summed E-state index contributed by atoms with van der Waals surface area (Å²) in [5.74, 6) is 1.47. The monoisotopic (exact) mass is 708 g/mol. The lowest BCUT2D eigenvalue weighted by atomic mass is 9.87. The van der Waals surface area contributed by atoms with Gasteiger partial charge in [-0.05, 0) is 111 Å².